The first-order chi connectivity index (χ1) is 14.5. The lowest BCUT2D eigenvalue weighted by molar-refractivity contribution is 0.216. The predicted octanol–water partition coefficient (Wildman–Crippen LogP) is 2.80. The first-order valence-corrected chi connectivity index (χ1v) is 11.1. The minimum absolute atomic E-state index is 0.107. The van der Waals surface area contributed by atoms with Crippen LogP contribution >= 0.6 is 0 Å². The van der Waals surface area contributed by atoms with Gasteiger partial charge in [-0.3, -0.25) is 0 Å². The van der Waals surface area contributed by atoms with E-state index >= 15 is 0 Å². The average molecular weight is 429 g/mol. The highest BCUT2D eigenvalue weighted by atomic mass is 32.2. The second kappa shape index (κ2) is 8.45. The van der Waals surface area contributed by atoms with Crippen LogP contribution in [0.5, 0.6) is 11.5 Å². The van der Waals surface area contributed by atoms with Crippen molar-refractivity contribution in [3.05, 3.63) is 65.8 Å². The molecule has 158 valence electrons. The summed E-state index contributed by atoms with van der Waals surface area (Å²) in [6.07, 6.45) is 0.510. The van der Waals surface area contributed by atoms with Gasteiger partial charge in [0, 0.05) is 25.6 Å². The minimum atomic E-state index is -3.57. The molecule has 3 aromatic rings. The number of methoxy groups -OCH3 is 1. The van der Waals surface area contributed by atoms with Crippen molar-refractivity contribution < 1.29 is 22.4 Å². The lowest BCUT2D eigenvalue weighted by Crippen LogP contribution is -2.48. The Morgan fingerprint density at radius 3 is 2.67 bits per heavy atom. The summed E-state index contributed by atoms with van der Waals surface area (Å²) in [7, 11) is -2.07. The van der Waals surface area contributed by atoms with E-state index in [4.69, 9.17) is 14.0 Å². The van der Waals surface area contributed by atoms with Crippen molar-refractivity contribution in [3.63, 3.8) is 0 Å². The topological polar surface area (TPSA) is 94.8 Å². The van der Waals surface area contributed by atoms with E-state index in [9.17, 15) is 8.42 Å². The van der Waals surface area contributed by atoms with E-state index in [1.165, 1.54) is 17.5 Å². The summed E-state index contributed by atoms with van der Waals surface area (Å²) >= 11 is 0. The van der Waals surface area contributed by atoms with Crippen LogP contribution in [0.25, 0.3) is 0 Å². The molecular weight excluding hydrogens is 406 g/mol. The van der Waals surface area contributed by atoms with Crippen LogP contribution in [-0.2, 0) is 16.4 Å². The Kier molecular flexibility index (Phi) is 5.74. The molecule has 0 spiro atoms. The highest BCUT2D eigenvalue weighted by Gasteiger charge is 2.40. The number of ether oxygens (including phenoxy) is 2. The van der Waals surface area contributed by atoms with E-state index in [0.717, 1.165) is 11.3 Å². The van der Waals surface area contributed by atoms with E-state index in [0.29, 0.717) is 43.6 Å². The van der Waals surface area contributed by atoms with Gasteiger partial charge in [-0.15, -0.1) is 0 Å². The van der Waals surface area contributed by atoms with Gasteiger partial charge in [-0.2, -0.15) is 9.29 Å². The summed E-state index contributed by atoms with van der Waals surface area (Å²) in [5.41, 5.74) is 1.13. The van der Waals surface area contributed by atoms with Crippen LogP contribution in [-0.4, -0.2) is 49.7 Å². The summed E-state index contributed by atoms with van der Waals surface area (Å²) in [4.78, 5) is 4.61. The van der Waals surface area contributed by atoms with Crippen molar-refractivity contribution in [1.82, 2.24) is 14.4 Å². The van der Waals surface area contributed by atoms with Crippen LogP contribution < -0.4 is 9.47 Å². The van der Waals surface area contributed by atoms with E-state index in [-0.39, 0.29) is 10.8 Å². The first kappa shape index (κ1) is 20.4. The lowest BCUT2D eigenvalue weighted by atomic mass is 10.0. The largest absolute Gasteiger partial charge is 0.497 e. The van der Waals surface area contributed by atoms with Gasteiger partial charge in [-0.1, -0.05) is 23.4 Å². The van der Waals surface area contributed by atoms with Gasteiger partial charge in [0.05, 0.1) is 24.5 Å². The maximum Gasteiger partial charge on any atom is 0.243 e. The van der Waals surface area contributed by atoms with Crippen LogP contribution in [0.4, 0.5) is 0 Å². The molecule has 9 heteroatoms. The molecule has 1 saturated heterocycles. The molecule has 1 fully saturated rings. The van der Waals surface area contributed by atoms with Gasteiger partial charge in [0.15, 0.2) is 5.82 Å². The maximum atomic E-state index is 12.8. The SMILES string of the molecule is COc1cccc(S(=O)(=O)N2CC(c3nc(CCOc4cccc(C)c4)no3)C2)c1. The fourth-order valence-corrected chi connectivity index (χ4v) is 4.77. The van der Waals surface area contributed by atoms with E-state index in [1.54, 1.807) is 18.2 Å². The van der Waals surface area contributed by atoms with Crippen molar-refractivity contribution in [1.29, 1.82) is 0 Å². The van der Waals surface area contributed by atoms with Gasteiger partial charge in [0.1, 0.15) is 11.5 Å². The molecule has 1 aromatic heterocycles. The second-order valence-corrected chi connectivity index (χ2v) is 9.10. The summed E-state index contributed by atoms with van der Waals surface area (Å²) in [5.74, 6) is 2.20. The van der Waals surface area contributed by atoms with Crippen molar-refractivity contribution in [2.24, 2.45) is 0 Å². The predicted molar refractivity (Wildman–Crippen MR) is 109 cm³/mol. The number of sulfonamides is 1. The fourth-order valence-electron chi connectivity index (χ4n) is 3.20. The number of hydrogen-bond acceptors (Lipinski definition) is 7. The number of aryl methyl sites for hydroxylation is 1. The van der Waals surface area contributed by atoms with Crippen LogP contribution in [0.1, 0.15) is 23.2 Å². The maximum absolute atomic E-state index is 12.8. The summed E-state index contributed by atoms with van der Waals surface area (Å²) in [5, 5.41) is 3.99. The number of nitrogens with zero attached hydrogens (tertiary/aromatic N) is 3. The molecule has 0 amide bonds. The van der Waals surface area contributed by atoms with Crippen LogP contribution in [0.3, 0.4) is 0 Å². The third-order valence-corrected chi connectivity index (χ3v) is 6.77. The van der Waals surface area contributed by atoms with E-state index in [1.807, 2.05) is 31.2 Å². The number of hydrogen-bond donors (Lipinski definition) is 0. The Hall–Kier alpha value is -2.91. The van der Waals surface area contributed by atoms with Gasteiger partial charge in [0.25, 0.3) is 0 Å². The smallest absolute Gasteiger partial charge is 0.243 e. The molecule has 0 aliphatic carbocycles. The van der Waals surface area contributed by atoms with E-state index in [2.05, 4.69) is 10.1 Å². The van der Waals surface area contributed by atoms with Gasteiger partial charge in [0.2, 0.25) is 15.9 Å². The molecule has 0 radical (unpaired) electrons. The van der Waals surface area contributed by atoms with Crippen molar-refractivity contribution in [2.75, 3.05) is 26.8 Å². The third-order valence-electron chi connectivity index (χ3n) is 4.94. The molecule has 0 atom stereocenters. The summed E-state index contributed by atoms with van der Waals surface area (Å²) in [6, 6.07) is 14.3. The normalized spacial score (nSPS) is 15.0. The molecule has 0 unspecified atom stereocenters. The fraction of sp³-hybridized carbons (Fsp3) is 0.333. The quantitative estimate of drug-likeness (QED) is 0.543. The zero-order valence-electron chi connectivity index (χ0n) is 16.8. The molecule has 30 heavy (non-hydrogen) atoms. The molecule has 1 aliphatic heterocycles. The zero-order chi connectivity index (χ0) is 21.1. The van der Waals surface area contributed by atoms with E-state index < -0.39 is 10.0 Å². The Labute approximate surface area is 175 Å². The lowest BCUT2D eigenvalue weighted by Gasteiger charge is -2.35. The molecule has 2 heterocycles. The molecule has 1 aliphatic rings. The molecule has 2 aromatic carbocycles. The minimum Gasteiger partial charge on any atom is -0.497 e. The Morgan fingerprint density at radius 2 is 1.90 bits per heavy atom. The molecule has 0 N–H and O–H groups in total. The van der Waals surface area contributed by atoms with Crippen molar-refractivity contribution >= 4 is 10.0 Å². The number of aromatic nitrogens is 2. The van der Waals surface area contributed by atoms with Crippen LogP contribution in [0.15, 0.2) is 57.9 Å². The Balaban J connectivity index is 1.31. The molecule has 4 rings (SSSR count). The second-order valence-electron chi connectivity index (χ2n) is 7.16. The highest BCUT2D eigenvalue weighted by molar-refractivity contribution is 7.89. The Bertz CT molecular complexity index is 1120. The molecule has 0 saturated carbocycles. The average Bonchev–Trinajstić information content (AvgIpc) is 3.15. The summed E-state index contributed by atoms with van der Waals surface area (Å²) in [6.45, 7) is 3.06. The standard InChI is InChI=1S/C21H23N3O5S/c1-15-5-3-7-18(11-15)28-10-9-20-22-21(29-23-20)16-13-24(14-16)30(25,26)19-8-4-6-17(12-19)27-2/h3-8,11-12,16H,9-10,13-14H2,1-2H3. The van der Waals surface area contributed by atoms with Crippen molar-refractivity contribution in [3.8, 4) is 11.5 Å². The highest BCUT2D eigenvalue weighted by Crippen LogP contribution is 2.32. The van der Waals surface area contributed by atoms with Gasteiger partial charge >= 0.3 is 0 Å². The van der Waals surface area contributed by atoms with Gasteiger partial charge in [-0.25, -0.2) is 8.42 Å². The molecular formula is C21H23N3O5S. The van der Waals surface area contributed by atoms with Crippen LogP contribution in [0, 0.1) is 6.92 Å². The first-order valence-electron chi connectivity index (χ1n) is 9.62. The number of rotatable bonds is 8. The number of benzene rings is 2. The van der Waals surface area contributed by atoms with Crippen LogP contribution in [0.2, 0.25) is 0 Å². The molecule has 8 nitrogen and oxygen atoms in total. The van der Waals surface area contributed by atoms with Gasteiger partial charge in [-0.05, 0) is 36.8 Å². The third kappa shape index (κ3) is 4.31. The van der Waals surface area contributed by atoms with Gasteiger partial charge < -0.3 is 14.0 Å². The Morgan fingerprint density at radius 1 is 1.13 bits per heavy atom. The monoisotopic (exact) mass is 429 g/mol. The zero-order valence-corrected chi connectivity index (χ0v) is 17.6. The van der Waals surface area contributed by atoms with Crippen molar-refractivity contribution in [2.45, 2.75) is 24.2 Å². The molecule has 0 bridgehead atoms. The summed E-state index contributed by atoms with van der Waals surface area (Å²) < 4.78 is 43.1.